The number of benzene rings is 2. The highest BCUT2D eigenvalue weighted by atomic mass is 16.5. The number of ether oxygens (including phenoxy) is 1. The molecule has 5 heteroatoms. The molecule has 5 nitrogen and oxygen atoms in total. The summed E-state index contributed by atoms with van der Waals surface area (Å²) in [4.78, 5) is 2.52. The molecule has 1 aromatic heterocycles. The third-order valence-electron chi connectivity index (χ3n) is 6.91. The first kappa shape index (κ1) is 22.6. The average molecular weight is 434 g/mol. The van der Waals surface area contributed by atoms with E-state index in [4.69, 9.17) is 4.74 Å². The highest BCUT2D eigenvalue weighted by molar-refractivity contribution is 5.37. The zero-order valence-electron chi connectivity index (χ0n) is 19.1. The molecule has 0 bridgehead atoms. The van der Waals surface area contributed by atoms with E-state index in [-0.39, 0.29) is 5.41 Å². The van der Waals surface area contributed by atoms with Crippen LogP contribution in [-0.2, 0) is 19.5 Å². The summed E-state index contributed by atoms with van der Waals surface area (Å²) in [5.74, 6) is 0.903. The lowest BCUT2D eigenvalue weighted by Crippen LogP contribution is -2.41. The molecule has 1 saturated heterocycles. The van der Waals surface area contributed by atoms with Crippen molar-refractivity contribution in [3.8, 4) is 5.75 Å². The minimum atomic E-state index is 0.0798. The number of piperidine rings is 1. The molecule has 1 aliphatic heterocycles. The smallest absolute Gasteiger partial charge is 0.123 e. The number of likely N-dealkylation sites (tertiary alicyclic amines) is 1. The summed E-state index contributed by atoms with van der Waals surface area (Å²) in [5, 5.41) is 14.5. The van der Waals surface area contributed by atoms with Crippen LogP contribution in [0.15, 0.2) is 67.0 Å². The van der Waals surface area contributed by atoms with Crippen molar-refractivity contribution in [1.82, 2.24) is 14.7 Å². The lowest BCUT2D eigenvalue weighted by atomic mass is 9.75. The summed E-state index contributed by atoms with van der Waals surface area (Å²) < 4.78 is 7.49. The van der Waals surface area contributed by atoms with E-state index in [2.05, 4.69) is 58.5 Å². The number of hydrogen-bond donors (Lipinski definition) is 1. The third kappa shape index (κ3) is 5.78. The van der Waals surface area contributed by atoms with Crippen LogP contribution in [0.4, 0.5) is 0 Å². The topological polar surface area (TPSA) is 50.5 Å². The normalized spacial score (nSPS) is 16.2. The van der Waals surface area contributed by atoms with Crippen molar-refractivity contribution in [3.05, 3.63) is 83.7 Å². The van der Waals surface area contributed by atoms with Crippen molar-refractivity contribution in [3.63, 3.8) is 0 Å². The van der Waals surface area contributed by atoms with Crippen molar-refractivity contribution in [2.45, 2.75) is 45.2 Å². The number of hydrogen-bond acceptors (Lipinski definition) is 4. The van der Waals surface area contributed by atoms with Crippen molar-refractivity contribution < 1.29 is 9.84 Å². The van der Waals surface area contributed by atoms with Crippen molar-refractivity contribution >= 4 is 0 Å². The van der Waals surface area contributed by atoms with Gasteiger partial charge in [0, 0.05) is 31.1 Å². The van der Waals surface area contributed by atoms with Gasteiger partial charge in [-0.1, -0.05) is 36.4 Å². The fourth-order valence-corrected chi connectivity index (χ4v) is 4.87. The number of aliphatic hydroxyl groups is 1. The molecule has 1 N–H and O–H groups in total. The Morgan fingerprint density at radius 2 is 1.81 bits per heavy atom. The van der Waals surface area contributed by atoms with E-state index >= 15 is 0 Å². The zero-order valence-corrected chi connectivity index (χ0v) is 19.1. The Balaban J connectivity index is 1.31. The molecule has 2 heterocycles. The van der Waals surface area contributed by atoms with Gasteiger partial charge in [0.2, 0.25) is 0 Å². The first-order chi connectivity index (χ1) is 15.7. The van der Waals surface area contributed by atoms with Crippen LogP contribution in [-0.4, -0.2) is 46.6 Å². The Bertz CT molecular complexity index is 948. The van der Waals surface area contributed by atoms with Gasteiger partial charge in [0.05, 0.1) is 13.7 Å². The number of aromatic nitrogens is 2. The molecule has 2 aromatic carbocycles. The average Bonchev–Trinajstić information content (AvgIpc) is 3.34. The zero-order chi connectivity index (χ0) is 22.2. The van der Waals surface area contributed by atoms with Gasteiger partial charge in [-0.25, -0.2) is 0 Å². The summed E-state index contributed by atoms with van der Waals surface area (Å²) in [6, 6.07) is 19.1. The van der Waals surface area contributed by atoms with Crippen molar-refractivity contribution in [2.75, 3.05) is 26.8 Å². The lowest BCUT2D eigenvalue weighted by Gasteiger charge is -2.41. The number of rotatable bonds is 10. The largest absolute Gasteiger partial charge is 0.496 e. The van der Waals surface area contributed by atoms with Gasteiger partial charge in [-0.3, -0.25) is 9.58 Å². The van der Waals surface area contributed by atoms with Crippen molar-refractivity contribution in [1.29, 1.82) is 0 Å². The molecule has 0 amide bonds. The molecule has 0 saturated carbocycles. The first-order valence-electron chi connectivity index (χ1n) is 11.7. The molecule has 170 valence electrons. The Hall–Kier alpha value is -2.63. The summed E-state index contributed by atoms with van der Waals surface area (Å²) >= 11 is 0. The van der Waals surface area contributed by atoms with Gasteiger partial charge < -0.3 is 9.84 Å². The van der Waals surface area contributed by atoms with Gasteiger partial charge in [-0.15, -0.1) is 0 Å². The van der Waals surface area contributed by atoms with Crippen LogP contribution < -0.4 is 4.74 Å². The maximum Gasteiger partial charge on any atom is 0.123 e. The van der Waals surface area contributed by atoms with E-state index in [1.54, 1.807) is 13.3 Å². The van der Waals surface area contributed by atoms with Gasteiger partial charge in [0.1, 0.15) is 5.75 Å². The summed E-state index contributed by atoms with van der Waals surface area (Å²) in [6.07, 6.45) is 9.24. The second-order valence-corrected chi connectivity index (χ2v) is 9.12. The monoisotopic (exact) mass is 433 g/mol. The second-order valence-electron chi connectivity index (χ2n) is 9.12. The summed E-state index contributed by atoms with van der Waals surface area (Å²) in [5.41, 5.74) is 3.92. The molecule has 1 fully saturated rings. The Morgan fingerprint density at radius 3 is 2.50 bits per heavy atom. The highest BCUT2D eigenvalue weighted by Crippen LogP contribution is 2.36. The van der Waals surface area contributed by atoms with Crippen LogP contribution in [0.3, 0.4) is 0 Å². The fourth-order valence-electron chi connectivity index (χ4n) is 4.87. The second kappa shape index (κ2) is 10.8. The van der Waals surface area contributed by atoms with E-state index < -0.39 is 0 Å². The maximum atomic E-state index is 10.2. The molecule has 1 aliphatic rings. The SMILES string of the molecule is COc1ccc(CN2CCC(CO)(CCCc3ccccc3)CC2)cc1Cn1cccn1. The van der Waals surface area contributed by atoms with Crippen LogP contribution in [0.25, 0.3) is 0 Å². The van der Waals surface area contributed by atoms with Gasteiger partial charge in [-0.05, 0) is 79.9 Å². The molecule has 4 rings (SSSR count). The Labute approximate surface area is 191 Å². The molecule has 0 aliphatic carbocycles. The minimum absolute atomic E-state index is 0.0798. The van der Waals surface area contributed by atoms with E-state index in [0.717, 1.165) is 63.1 Å². The number of nitrogens with zero attached hydrogens (tertiary/aromatic N) is 3. The third-order valence-corrected chi connectivity index (χ3v) is 6.91. The first-order valence-corrected chi connectivity index (χ1v) is 11.7. The molecule has 3 aromatic rings. The van der Waals surface area contributed by atoms with Gasteiger partial charge in [0.15, 0.2) is 0 Å². The predicted molar refractivity (Wildman–Crippen MR) is 128 cm³/mol. The van der Waals surface area contributed by atoms with Crippen LogP contribution in [0.5, 0.6) is 5.75 Å². The fraction of sp³-hybridized carbons (Fsp3) is 0.444. The standard InChI is InChI=1S/C27H35N3O2/c1-32-26-11-10-24(19-25(26)21-30-16-6-15-28-30)20-29-17-13-27(22-31,14-18-29)12-5-9-23-7-3-2-4-8-23/h2-4,6-8,10-11,15-16,19,31H,5,9,12-14,17-18,20-22H2,1H3. The summed E-state index contributed by atoms with van der Waals surface area (Å²) in [7, 11) is 1.72. The molecular weight excluding hydrogens is 398 g/mol. The predicted octanol–water partition coefficient (Wildman–Crippen LogP) is 4.54. The lowest BCUT2D eigenvalue weighted by molar-refractivity contribution is 0.0330. The number of aliphatic hydroxyl groups excluding tert-OH is 1. The van der Waals surface area contributed by atoms with Gasteiger partial charge >= 0.3 is 0 Å². The van der Waals surface area contributed by atoms with Crippen molar-refractivity contribution in [2.24, 2.45) is 5.41 Å². The van der Waals surface area contributed by atoms with Crippen LogP contribution in [0, 0.1) is 5.41 Å². The molecule has 0 unspecified atom stereocenters. The quantitative estimate of drug-likeness (QED) is 0.510. The van der Waals surface area contributed by atoms with Gasteiger partial charge in [-0.2, -0.15) is 5.10 Å². The Morgan fingerprint density at radius 1 is 1.00 bits per heavy atom. The number of aryl methyl sites for hydroxylation is 1. The molecule has 0 atom stereocenters. The number of methoxy groups -OCH3 is 1. The van der Waals surface area contributed by atoms with Crippen LogP contribution >= 0.6 is 0 Å². The molecule has 0 spiro atoms. The van der Waals surface area contributed by atoms with Crippen LogP contribution in [0.2, 0.25) is 0 Å². The Kier molecular flexibility index (Phi) is 7.61. The minimum Gasteiger partial charge on any atom is -0.496 e. The van der Waals surface area contributed by atoms with E-state index in [1.807, 2.05) is 16.9 Å². The summed E-state index contributed by atoms with van der Waals surface area (Å²) in [6.45, 7) is 4.01. The van der Waals surface area contributed by atoms with E-state index in [1.165, 1.54) is 11.1 Å². The molecule has 32 heavy (non-hydrogen) atoms. The maximum absolute atomic E-state index is 10.2. The van der Waals surface area contributed by atoms with Crippen LogP contribution in [0.1, 0.15) is 42.4 Å². The van der Waals surface area contributed by atoms with E-state index in [0.29, 0.717) is 13.2 Å². The molecule has 0 radical (unpaired) electrons. The van der Waals surface area contributed by atoms with Gasteiger partial charge in [0.25, 0.3) is 0 Å². The highest BCUT2D eigenvalue weighted by Gasteiger charge is 2.33. The molecular formula is C27H35N3O2. The van der Waals surface area contributed by atoms with E-state index in [9.17, 15) is 5.11 Å².